The van der Waals surface area contributed by atoms with Crippen molar-refractivity contribution in [1.29, 1.82) is 0 Å². The van der Waals surface area contributed by atoms with Gasteiger partial charge in [-0.3, -0.25) is 4.90 Å². The quantitative estimate of drug-likeness (QED) is 0.646. The lowest BCUT2D eigenvalue weighted by Gasteiger charge is -2.27. The maximum atomic E-state index is 6.09. The Bertz CT molecular complexity index is 403. The van der Waals surface area contributed by atoms with E-state index < -0.39 is 0 Å². The molecule has 4 heteroatoms. The molecule has 1 aliphatic rings. The first-order valence-electron chi connectivity index (χ1n) is 7.01. The van der Waals surface area contributed by atoms with E-state index in [2.05, 4.69) is 11.9 Å². The Labute approximate surface area is 125 Å². The maximum absolute atomic E-state index is 6.09. The van der Waals surface area contributed by atoms with E-state index in [4.69, 9.17) is 28.9 Å². The molecule has 0 amide bonds. The number of halogens is 2. The Kier molecular flexibility index (Phi) is 5.37. The summed E-state index contributed by atoms with van der Waals surface area (Å²) in [5.74, 6) is 0. The molecule has 0 radical (unpaired) electrons. The standard InChI is InChI=1S/C15H22Cl2N2/c1-19(12-6-4-2-3-5-7-12)10-11-8-13(16)15(18)14(17)9-11/h8-9,12H,2-7,10,18H2,1H3. The van der Waals surface area contributed by atoms with Crippen LogP contribution in [0.4, 0.5) is 5.69 Å². The molecule has 106 valence electrons. The Balaban J connectivity index is 2.03. The average molecular weight is 301 g/mol. The topological polar surface area (TPSA) is 29.3 Å². The summed E-state index contributed by atoms with van der Waals surface area (Å²) in [6, 6.07) is 4.53. The lowest BCUT2D eigenvalue weighted by atomic mass is 10.1. The Morgan fingerprint density at radius 1 is 1.11 bits per heavy atom. The van der Waals surface area contributed by atoms with E-state index in [9.17, 15) is 0 Å². The van der Waals surface area contributed by atoms with Gasteiger partial charge in [0.25, 0.3) is 0 Å². The zero-order chi connectivity index (χ0) is 13.8. The van der Waals surface area contributed by atoms with Gasteiger partial charge in [-0.25, -0.2) is 0 Å². The van der Waals surface area contributed by atoms with Crippen molar-refractivity contribution in [2.45, 2.75) is 51.1 Å². The van der Waals surface area contributed by atoms with Crippen LogP contribution < -0.4 is 5.73 Å². The molecule has 1 aromatic rings. The highest BCUT2D eigenvalue weighted by Gasteiger charge is 2.17. The second-order valence-electron chi connectivity index (χ2n) is 5.53. The molecule has 0 aromatic heterocycles. The highest BCUT2D eigenvalue weighted by Crippen LogP contribution is 2.30. The smallest absolute Gasteiger partial charge is 0.0693 e. The molecule has 2 nitrogen and oxygen atoms in total. The van der Waals surface area contributed by atoms with Crippen LogP contribution in [0.15, 0.2) is 12.1 Å². The van der Waals surface area contributed by atoms with Gasteiger partial charge in [0, 0.05) is 12.6 Å². The Morgan fingerprint density at radius 3 is 2.16 bits per heavy atom. The van der Waals surface area contributed by atoms with Crippen molar-refractivity contribution < 1.29 is 0 Å². The van der Waals surface area contributed by atoms with Crippen molar-refractivity contribution in [3.05, 3.63) is 27.7 Å². The molecular formula is C15H22Cl2N2. The zero-order valence-electron chi connectivity index (χ0n) is 11.5. The second-order valence-corrected chi connectivity index (χ2v) is 6.35. The predicted molar refractivity (Wildman–Crippen MR) is 83.8 cm³/mol. The number of nitrogens with zero attached hydrogens (tertiary/aromatic N) is 1. The lowest BCUT2D eigenvalue weighted by molar-refractivity contribution is 0.213. The highest BCUT2D eigenvalue weighted by molar-refractivity contribution is 6.38. The summed E-state index contributed by atoms with van der Waals surface area (Å²) in [7, 11) is 2.19. The molecule has 2 N–H and O–H groups in total. The molecular weight excluding hydrogens is 279 g/mol. The fourth-order valence-electron chi connectivity index (χ4n) is 2.84. The van der Waals surface area contributed by atoms with E-state index >= 15 is 0 Å². The van der Waals surface area contributed by atoms with Gasteiger partial charge in [0.05, 0.1) is 15.7 Å². The molecule has 1 fully saturated rings. The molecule has 0 spiro atoms. The van der Waals surface area contributed by atoms with Crippen LogP contribution in [0.2, 0.25) is 10.0 Å². The van der Waals surface area contributed by atoms with Crippen molar-refractivity contribution in [2.24, 2.45) is 0 Å². The predicted octanol–water partition coefficient (Wildman–Crippen LogP) is 4.73. The third-order valence-corrected chi connectivity index (χ3v) is 4.64. The number of nitrogen functional groups attached to an aromatic ring is 1. The van der Waals surface area contributed by atoms with Crippen LogP contribution in [0, 0.1) is 0 Å². The Morgan fingerprint density at radius 2 is 1.63 bits per heavy atom. The number of hydrogen-bond donors (Lipinski definition) is 1. The van der Waals surface area contributed by atoms with E-state index in [1.165, 1.54) is 38.5 Å². The minimum Gasteiger partial charge on any atom is -0.396 e. The number of benzene rings is 1. The number of nitrogens with two attached hydrogens (primary N) is 1. The van der Waals surface area contributed by atoms with Crippen molar-refractivity contribution in [1.82, 2.24) is 4.90 Å². The minimum atomic E-state index is 0.476. The van der Waals surface area contributed by atoms with Crippen LogP contribution in [-0.2, 0) is 6.54 Å². The molecule has 19 heavy (non-hydrogen) atoms. The van der Waals surface area contributed by atoms with Crippen LogP contribution in [0.3, 0.4) is 0 Å². The fraction of sp³-hybridized carbons (Fsp3) is 0.600. The van der Waals surface area contributed by atoms with Gasteiger partial charge >= 0.3 is 0 Å². The molecule has 0 heterocycles. The average Bonchev–Trinajstić information content (AvgIpc) is 2.64. The summed E-state index contributed by atoms with van der Waals surface area (Å²) in [6.07, 6.45) is 8.05. The van der Waals surface area contributed by atoms with Crippen LogP contribution in [0.1, 0.15) is 44.1 Å². The van der Waals surface area contributed by atoms with Gasteiger partial charge in [-0.05, 0) is 37.6 Å². The highest BCUT2D eigenvalue weighted by atomic mass is 35.5. The summed E-state index contributed by atoms with van der Waals surface area (Å²) in [5, 5.41) is 1.11. The van der Waals surface area contributed by atoms with Crippen molar-refractivity contribution in [2.75, 3.05) is 12.8 Å². The van der Waals surface area contributed by atoms with Crippen LogP contribution in [0.25, 0.3) is 0 Å². The van der Waals surface area contributed by atoms with E-state index in [1.807, 2.05) is 12.1 Å². The zero-order valence-corrected chi connectivity index (χ0v) is 13.0. The Hall–Kier alpha value is -0.440. The largest absolute Gasteiger partial charge is 0.396 e. The summed E-state index contributed by atoms with van der Waals surface area (Å²) < 4.78 is 0. The molecule has 0 bridgehead atoms. The first-order chi connectivity index (χ1) is 9.08. The molecule has 1 aromatic carbocycles. The molecule has 1 aliphatic carbocycles. The second kappa shape index (κ2) is 6.83. The first kappa shape index (κ1) is 15.0. The van der Waals surface area contributed by atoms with Crippen LogP contribution in [-0.4, -0.2) is 18.0 Å². The molecule has 0 unspecified atom stereocenters. The molecule has 1 saturated carbocycles. The van der Waals surface area contributed by atoms with Gasteiger partial charge in [0.1, 0.15) is 0 Å². The first-order valence-corrected chi connectivity index (χ1v) is 7.77. The number of rotatable bonds is 3. The SMILES string of the molecule is CN(Cc1cc(Cl)c(N)c(Cl)c1)C1CCCCCC1. The summed E-state index contributed by atoms with van der Waals surface area (Å²) in [4.78, 5) is 2.42. The molecule has 2 rings (SSSR count). The molecule has 0 atom stereocenters. The van der Waals surface area contributed by atoms with E-state index in [-0.39, 0.29) is 0 Å². The van der Waals surface area contributed by atoms with Gasteiger partial charge < -0.3 is 5.73 Å². The van der Waals surface area contributed by atoms with E-state index in [0.717, 1.165) is 12.1 Å². The van der Waals surface area contributed by atoms with Crippen LogP contribution >= 0.6 is 23.2 Å². The number of hydrogen-bond acceptors (Lipinski definition) is 2. The van der Waals surface area contributed by atoms with Gasteiger partial charge in [0.2, 0.25) is 0 Å². The van der Waals surface area contributed by atoms with Crippen molar-refractivity contribution in [3.63, 3.8) is 0 Å². The number of anilines is 1. The van der Waals surface area contributed by atoms with Gasteiger partial charge in [0.15, 0.2) is 0 Å². The summed E-state index contributed by atoms with van der Waals surface area (Å²) in [5.41, 5.74) is 7.38. The van der Waals surface area contributed by atoms with Crippen LogP contribution in [0.5, 0.6) is 0 Å². The third-order valence-electron chi connectivity index (χ3n) is 4.02. The van der Waals surface area contributed by atoms with Crippen molar-refractivity contribution >= 4 is 28.9 Å². The summed E-state index contributed by atoms with van der Waals surface area (Å²) in [6.45, 7) is 0.879. The summed E-state index contributed by atoms with van der Waals surface area (Å²) >= 11 is 12.2. The normalized spacial score (nSPS) is 17.7. The fourth-order valence-corrected chi connectivity index (χ4v) is 3.38. The van der Waals surface area contributed by atoms with Gasteiger partial charge in [-0.2, -0.15) is 0 Å². The lowest BCUT2D eigenvalue weighted by Crippen LogP contribution is -2.30. The van der Waals surface area contributed by atoms with E-state index in [1.54, 1.807) is 0 Å². The molecule has 0 saturated heterocycles. The third kappa shape index (κ3) is 4.01. The minimum absolute atomic E-state index is 0.476. The van der Waals surface area contributed by atoms with Gasteiger partial charge in [-0.15, -0.1) is 0 Å². The van der Waals surface area contributed by atoms with E-state index in [0.29, 0.717) is 21.8 Å². The molecule has 0 aliphatic heterocycles. The monoisotopic (exact) mass is 300 g/mol. The van der Waals surface area contributed by atoms with Crippen molar-refractivity contribution in [3.8, 4) is 0 Å². The maximum Gasteiger partial charge on any atom is 0.0693 e. The van der Waals surface area contributed by atoms with Gasteiger partial charge in [-0.1, -0.05) is 48.9 Å².